The molecule has 0 heterocycles. The summed E-state index contributed by atoms with van der Waals surface area (Å²) in [4.78, 5) is 4.48. The van der Waals surface area contributed by atoms with Crippen LogP contribution in [0.2, 0.25) is 0 Å². The Balaban J connectivity index is 0.00000320. The Labute approximate surface area is 193 Å². The predicted octanol–water partition coefficient (Wildman–Crippen LogP) is 4.36. The van der Waals surface area contributed by atoms with Crippen LogP contribution in [-0.2, 0) is 0 Å². The molecule has 1 aliphatic carbocycles. The van der Waals surface area contributed by atoms with Crippen molar-refractivity contribution < 1.29 is 18.6 Å². The maximum absolute atomic E-state index is 12.2. The zero-order valence-electron chi connectivity index (χ0n) is 17.0. The predicted molar refractivity (Wildman–Crippen MR) is 125 cm³/mol. The highest BCUT2D eigenvalue weighted by molar-refractivity contribution is 14.0. The van der Waals surface area contributed by atoms with Crippen LogP contribution in [0.4, 0.5) is 8.78 Å². The highest BCUT2D eigenvalue weighted by atomic mass is 127. The molecule has 2 aromatic carbocycles. The molecule has 3 rings (SSSR count). The number of aliphatic imine (C=N–C) groups is 1. The number of ether oxygens (including phenoxy) is 1. The van der Waals surface area contributed by atoms with Gasteiger partial charge in [-0.1, -0.05) is 36.4 Å². The summed E-state index contributed by atoms with van der Waals surface area (Å²) in [5.41, 5.74) is 3.24. The number of halogens is 3. The molecule has 0 aromatic heterocycles. The summed E-state index contributed by atoms with van der Waals surface area (Å²) in [5, 5.41) is 17.0. The van der Waals surface area contributed by atoms with E-state index in [0.717, 1.165) is 6.42 Å². The van der Waals surface area contributed by atoms with Gasteiger partial charge in [0, 0.05) is 18.5 Å². The Morgan fingerprint density at radius 1 is 1.20 bits per heavy atom. The number of guanidine groups is 1. The smallest absolute Gasteiger partial charge is 0.387 e. The van der Waals surface area contributed by atoms with E-state index in [2.05, 4.69) is 45.5 Å². The number of hydrogen-bond acceptors (Lipinski definition) is 3. The van der Waals surface area contributed by atoms with E-state index >= 15 is 0 Å². The Bertz CT molecular complexity index is 833. The van der Waals surface area contributed by atoms with Crippen LogP contribution in [0.15, 0.2) is 53.5 Å². The number of aliphatic hydroxyl groups is 1. The Morgan fingerprint density at radius 2 is 1.90 bits per heavy atom. The van der Waals surface area contributed by atoms with Crippen molar-refractivity contribution in [2.45, 2.75) is 44.9 Å². The average Bonchev–Trinajstić information content (AvgIpc) is 3.45. The second kappa shape index (κ2) is 11.5. The lowest BCUT2D eigenvalue weighted by Crippen LogP contribution is -2.39. The van der Waals surface area contributed by atoms with Gasteiger partial charge in [0.05, 0.1) is 12.6 Å². The van der Waals surface area contributed by atoms with Crippen molar-refractivity contribution in [3.05, 3.63) is 65.2 Å². The van der Waals surface area contributed by atoms with Crippen molar-refractivity contribution in [3.8, 4) is 5.75 Å². The number of rotatable bonds is 8. The normalized spacial score (nSPS) is 19.1. The minimum Gasteiger partial charge on any atom is -0.435 e. The number of benzene rings is 2. The van der Waals surface area contributed by atoms with Gasteiger partial charge in [-0.2, -0.15) is 8.78 Å². The number of hydrogen-bond donors (Lipinski definition) is 3. The Hall–Kier alpha value is -1.94. The zero-order valence-corrected chi connectivity index (χ0v) is 19.3. The standard InChI is InChI=1S/C22H27F2N3O2.HI/c1-3-25-22(27-19-12-18(19)17-7-5-4-6-14(17)2)26-13-20(28)15-8-10-16(11-9-15)29-21(23)24;/h4-11,18-21,28H,3,12-13H2,1-2H3,(H2,25,26,27);1H. The van der Waals surface area contributed by atoms with Crippen LogP contribution in [0.1, 0.15) is 42.1 Å². The first kappa shape index (κ1) is 24.3. The molecular weight excluding hydrogens is 503 g/mol. The van der Waals surface area contributed by atoms with Crippen LogP contribution in [0, 0.1) is 6.92 Å². The van der Waals surface area contributed by atoms with Gasteiger partial charge in [-0.3, -0.25) is 4.99 Å². The molecule has 0 bridgehead atoms. The molecule has 0 aliphatic heterocycles. The molecule has 0 radical (unpaired) electrons. The van der Waals surface area contributed by atoms with Crippen LogP contribution in [0.25, 0.3) is 0 Å². The van der Waals surface area contributed by atoms with E-state index in [1.54, 1.807) is 12.1 Å². The Kier molecular flexibility index (Phi) is 9.29. The van der Waals surface area contributed by atoms with Gasteiger partial charge < -0.3 is 20.5 Å². The largest absolute Gasteiger partial charge is 0.435 e. The zero-order chi connectivity index (χ0) is 20.8. The van der Waals surface area contributed by atoms with E-state index in [9.17, 15) is 13.9 Å². The molecule has 30 heavy (non-hydrogen) atoms. The fourth-order valence-electron chi connectivity index (χ4n) is 3.35. The molecule has 164 valence electrons. The van der Waals surface area contributed by atoms with Crippen LogP contribution >= 0.6 is 24.0 Å². The van der Waals surface area contributed by atoms with Gasteiger partial charge in [0.25, 0.3) is 0 Å². The highest BCUT2D eigenvalue weighted by Crippen LogP contribution is 2.42. The summed E-state index contributed by atoms with van der Waals surface area (Å²) in [7, 11) is 0. The van der Waals surface area contributed by atoms with Crippen molar-refractivity contribution in [2.24, 2.45) is 4.99 Å². The second-order valence-electron chi connectivity index (χ2n) is 7.13. The lowest BCUT2D eigenvalue weighted by Gasteiger charge is -2.14. The van der Waals surface area contributed by atoms with E-state index < -0.39 is 12.7 Å². The maximum Gasteiger partial charge on any atom is 0.387 e. The third-order valence-electron chi connectivity index (χ3n) is 4.96. The SMILES string of the molecule is CCNC(=NCC(O)c1ccc(OC(F)F)cc1)NC1CC1c1ccccc1C.I. The monoisotopic (exact) mass is 531 g/mol. The van der Waals surface area contributed by atoms with E-state index in [4.69, 9.17) is 0 Å². The number of nitrogens with zero attached hydrogens (tertiary/aromatic N) is 1. The molecule has 3 atom stereocenters. The van der Waals surface area contributed by atoms with Gasteiger partial charge in [-0.15, -0.1) is 24.0 Å². The highest BCUT2D eigenvalue weighted by Gasteiger charge is 2.39. The number of aryl methyl sites for hydroxylation is 1. The van der Waals surface area contributed by atoms with Crippen LogP contribution < -0.4 is 15.4 Å². The van der Waals surface area contributed by atoms with Gasteiger partial charge in [0.1, 0.15) is 5.75 Å². The molecule has 1 fully saturated rings. The van der Waals surface area contributed by atoms with Crippen molar-refractivity contribution in [1.82, 2.24) is 10.6 Å². The molecule has 8 heteroatoms. The summed E-state index contributed by atoms with van der Waals surface area (Å²) in [6, 6.07) is 14.7. The van der Waals surface area contributed by atoms with E-state index in [1.165, 1.54) is 23.3 Å². The Morgan fingerprint density at radius 3 is 2.53 bits per heavy atom. The van der Waals surface area contributed by atoms with Crippen molar-refractivity contribution >= 4 is 29.9 Å². The van der Waals surface area contributed by atoms with Crippen molar-refractivity contribution in [3.63, 3.8) is 0 Å². The summed E-state index contributed by atoms with van der Waals surface area (Å²) in [6.45, 7) is 2.12. The van der Waals surface area contributed by atoms with Crippen LogP contribution in [0.3, 0.4) is 0 Å². The second-order valence-corrected chi connectivity index (χ2v) is 7.13. The van der Waals surface area contributed by atoms with Crippen LogP contribution in [0.5, 0.6) is 5.75 Å². The summed E-state index contributed by atoms with van der Waals surface area (Å²) in [5.74, 6) is 1.18. The number of nitrogens with one attached hydrogen (secondary N) is 2. The van der Waals surface area contributed by atoms with Crippen molar-refractivity contribution in [2.75, 3.05) is 13.1 Å². The molecule has 5 nitrogen and oxygen atoms in total. The molecule has 1 saturated carbocycles. The third kappa shape index (κ3) is 6.80. The van der Waals surface area contributed by atoms with Gasteiger partial charge in [-0.05, 0) is 49.1 Å². The first-order valence-corrected chi connectivity index (χ1v) is 9.81. The minimum atomic E-state index is -2.87. The quantitative estimate of drug-likeness (QED) is 0.269. The lowest BCUT2D eigenvalue weighted by atomic mass is 10.0. The molecule has 0 spiro atoms. The van der Waals surface area contributed by atoms with Gasteiger partial charge >= 0.3 is 6.61 Å². The fraction of sp³-hybridized carbons (Fsp3) is 0.409. The molecule has 1 aliphatic rings. The number of alkyl halides is 2. The van der Waals surface area contributed by atoms with Crippen molar-refractivity contribution in [1.29, 1.82) is 0 Å². The summed E-state index contributed by atoms with van der Waals surface area (Å²) < 4.78 is 28.8. The summed E-state index contributed by atoms with van der Waals surface area (Å²) in [6.07, 6.45) is 0.209. The first-order valence-electron chi connectivity index (χ1n) is 9.81. The molecule has 3 N–H and O–H groups in total. The average molecular weight is 531 g/mol. The van der Waals surface area contributed by atoms with Gasteiger partial charge in [0.2, 0.25) is 0 Å². The van der Waals surface area contributed by atoms with Gasteiger partial charge in [-0.25, -0.2) is 0 Å². The van der Waals surface area contributed by atoms with Crippen LogP contribution in [-0.4, -0.2) is 36.8 Å². The number of aliphatic hydroxyl groups excluding tert-OH is 1. The minimum absolute atomic E-state index is 0. The van der Waals surface area contributed by atoms with E-state index in [-0.39, 0.29) is 36.3 Å². The van der Waals surface area contributed by atoms with Gasteiger partial charge in [0.15, 0.2) is 5.96 Å². The maximum atomic E-state index is 12.2. The first-order chi connectivity index (χ1) is 14.0. The third-order valence-corrected chi connectivity index (χ3v) is 4.96. The topological polar surface area (TPSA) is 65.9 Å². The van der Waals surface area contributed by atoms with E-state index in [0.29, 0.717) is 30.0 Å². The molecular formula is C22H28F2IN3O2. The molecule has 0 saturated heterocycles. The molecule has 3 unspecified atom stereocenters. The molecule has 0 amide bonds. The lowest BCUT2D eigenvalue weighted by molar-refractivity contribution is -0.0498. The fourth-order valence-corrected chi connectivity index (χ4v) is 3.35. The van der Waals surface area contributed by atoms with E-state index in [1.807, 2.05) is 13.0 Å². The summed E-state index contributed by atoms with van der Waals surface area (Å²) >= 11 is 0. The molecule has 2 aromatic rings.